The molecule has 0 fully saturated rings. The number of carbonyl (C=O) groups is 2. The number of rotatable bonds is 38. The minimum Gasteiger partial charge on any atom is -0.466 e. The second-order valence-corrected chi connectivity index (χ2v) is 14.3. The predicted octanol–water partition coefficient (Wildman–Crippen LogP) is 14.3. The van der Waals surface area contributed by atoms with Crippen LogP contribution < -0.4 is 0 Å². The lowest BCUT2D eigenvalue weighted by atomic mass is 10.0. The topological polar surface area (TPSA) is 52.6 Å². The number of unbranched alkanes of at least 4 members (excludes halogenated alkanes) is 23. The zero-order chi connectivity index (χ0) is 35.0. The van der Waals surface area contributed by atoms with Crippen LogP contribution in [0.5, 0.6) is 0 Å². The Morgan fingerprint density at radius 1 is 0.438 bits per heavy atom. The summed E-state index contributed by atoms with van der Waals surface area (Å²) in [6.07, 6.45) is 47.3. The van der Waals surface area contributed by atoms with Gasteiger partial charge in [0.25, 0.3) is 0 Å². The van der Waals surface area contributed by atoms with Crippen LogP contribution in [0.3, 0.4) is 0 Å². The number of hydrogen-bond donors (Lipinski definition) is 0. The van der Waals surface area contributed by atoms with E-state index >= 15 is 0 Å². The maximum atomic E-state index is 12.2. The maximum Gasteiger partial charge on any atom is 0.305 e. The molecule has 4 heteroatoms. The number of carbonyl (C=O) groups excluding carboxylic acids is 2. The molecule has 0 N–H and O–H groups in total. The minimum atomic E-state index is -0.0516. The molecule has 0 aromatic carbocycles. The fraction of sp³-hybridized carbons (Fsp3) is 0.864. The van der Waals surface area contributed by atoms with Crippen LogP contribution in [0.15, 0.2) is 24.3 Å². The van der Waals surface area contributed by atoms with Crippen molar-refractivity contribution < 1.29 is 19.1 Å². The van der Waals surface area contributed by atoms with E-state index in [4.69, 9.17) is 9.47 Å². The van der Waals surface area contributed by atoms with Crippen LogP contribution in [0.2, 0.25) is 0 Å². The quantitative estimate of drug-likeness (QED) is 0.0371. The van der Waals surface area contributed by atoms with Crippen LogP contribution in [0, 0.1) is 5.92 Å². The van der Waals surface area contributed by atoms with Crippen molar-refractivity contribution in [2.45, 2.75) is 226 Å². The van der Waals surface area contributed by atoms with Crippen molar-refractivity contribution in [3.05, 3.63) is 24.3 Å². The van der Waals surface area contributed by atoms with E-state index in [1.54, 1.807) is 0 Å². The smallest absolute Gasteiger partial charge is 0.305 e. The molecule has 0 aromatic rings. The highest BCUT2D eigenvalue weighted by atomic mass is 16.5. The lowest BCUT2D eigenvalue weighted by molar-refractivity contribution is -0.146. The van der Waals surface area contributed by atoms with Crippen molar-refractivity contribution in [3.63, 3.8) is 0 Å². The molecule has 48 heavy (non-hydrogen) atoms. The Labute approximate surface area is 300 Å². The summed E-state index contributed by atoms with van der Waals surface area (Å²) in [7, 11) is 0. The molecule has 4 nitrogen and oxygen atoms in total. The fourth-order valence-corrected chi connectivity index (χ4v) is 6.16. The summed E-state index contributed by atoms with van der Waals surface area (Å²) in [5.41, 5.74) is 0. The minimum absolute atomic E-state index is 0.0457. The van der Waals surface area contributed by atoms with Crippen LogP contribution in [0.1, 0.15) is 226 Å². The van der Waals surface area contributed by atoms with Gasteiger partial charge in [-0.3, -0.25) is 9.59 Å². The second kappa shape index (κ2) is 39.9. The maximum absolute atomic E-state index is 12.2. The van der Waals surface area contributed by atoms with E-state index in [0.29, 0.717) is 32.0 Å². The van der Waals surface area contributed by atoms with Crippen LogP contribution in [0.4, 0.5) is 0 Å². The molecule has 0 saturated heterocycles. The molecule has 0 aromatic heterocycles. The highest BCUT2D eigenvalue weighted by molar-refractivity contribution is 5.69. The molecule has 282 valence electrons. The lowest BCUT2D eigenvalue weighted by Gasteiger charge is -2.15. The molecule has 0 aliphatic rings. The molecule has 0 aliphatic carbocycles. The van der Waals surface area contributed by atoms with Crippen molar-refractivity contribution in [1.82, 2.24) is 0 Å². The molecule has 0 heterocycles. The zero-order valence-electron chi connectivity index (χ0n) is 32.6. The summed E-state index contributed by atoms with van der Waals surface area (Å²) in [5, 5.41) is 0. The van der Waals surface area contributed by atoms with E-state index < -0.39 is 0 Å². The van der Waals surface area contributed by atoms with Crippen molar-refractivity contribution in [1.29, 1.82) is 0 Å². The number of allylic oxidation sites excluding steroid dienone is 4. The summed E-state index contributed by atoms with van der Waals surface area (Å²) < 4.78 is 11.0. The molecular formula is C44H82O4. The normalized spacial score (nSPS) is 12.3. The van der Waals surface area contributed by atoms with Gasteiger partial charge in [-0.2, -0.15) is 0 Å². The molecule has 0 bridgehead atoms. The van der Waals surface area contributed by atoms with Crippen molar-refractivity contribution in [3.8, 4) is 0 Å². The van der Waals surface area contributed by atoms with Crippen LogP contribution >= 0.6 is 0 Å². The van der Waals surface area contributed by atoms with E-state index in [1.807, 2.05) is 0 Å². The van der Waals surface area contributed by atoms with Gasteiger partial charge in [-0.25, -0.2) is 0 Å². The van der Waals surface area contributed by atoms with Crippen LogP contribution in [-0.4, -0.2) is 25.2 Å². The van der Waals surface area contributed by atoms with Gasteiger partial charge in [0.15, 0.2) is 0 Å². The summed E-state index contributed by atoms with van der Waals surface area (Å²) in [6, 6.07) is 0. The molecule has 0 radical (unpaired) electrons. The lowest BCUT2D eigenvalue weighted by Crippen LogP contribution is -2.14. The molecule has 0 aliphatic heterocycles. The molecule has 0 rings (SSSR count). The first-order valence-electron chi connectivity index (χ1n) is 21.2. The third-order valence-electron chi connectivity index (χ3n) is 9.61. The number of ether oxygens (including phenoxy) is 2. The van der Waals surface area contributed by atoms with Gasteiger partial charge in [0.05, 0.1) is 13.2 Å². The summed E-state index contributed by atoms with van der Waals surface area (Å²) in [6.45, 7) is 7.74. The third-order valence-corrected chi connectivity index (χ3v) is 9.61. The molecule has 1 unspecified atom stereocenters. The Morgan fingerprint density at radius 2 is 0.812 bits per heavy atom. The Hall–Kier alpha value is -1.58. The standard InChI is InChI=1S/C44H82O4/c1-4-7-9-11-13-15-17-19-21-23-25-27-29-31-33-38-43(45)47-40-36-35-37-42(6-3)41-48-44(46)39-34-32-30-28-26-24-22-20-18-16-14-12-10-8-5-2/h19-22,42H,4-18,23-41H2,1-3H3/b21-19-,22-20-. The van der Waals surface area contributed by atoms with Gasteiger partial charge >= 0.3 is 11.9 Å². The second-order valence-electron chi connectivity index (χ2n) is 14.3. The van der Waals surface area contributed by atoms with E-state index in [0.717, 1.165) is 51.4 Å². The van der Waals surface area contributed by atoms with E-state index in [1.165, 1.54) is 141 Å². The number of esters is 2. The largest absolute Gasteiger partial charge is 0.466 e. The van der Waals surface area contributed by atoms with E-state index in [-0.39, 0.29) is 11.9 Å². The van der Waals surface area contributed by atoms with E-state index in [2.05, 4.69) is 45.1 Å². The van der Waals surface area contributed by atoms with Gasteiger partial charge in [-0.1, -0.05) is 154 Å². The Morgan fingerprint density at radius 3 is 1.23 bits per heavy atom. The van der Waals surface area contributed by atoms with Gasteiger partial charge < -0.3 is 9.47 Å². The van der Waals surface area contributed by atoms with Crippen molar-refractivity contribution in [2.24, 2.45) is 5.92 Å². The van der Waals surface area contributed by atoms with Gasteiger partial charge in [0, 0.05) is 12.8 Å². The van der Waals surface area contributed by atoms with Gasteiger partial charge in [-0.05, 0) is 89.4 Å². The highest BCUT2D eigenvalue weighted by Gasteiger charge is 2.11. The van der Waals surface area contributed by atoms with Crippen LogP contribution in [-0.2, 0) is 19.1 Å². The molecule has 1 atom stereocenters. The average molecular weight is 675 g/mol. The third kappa shape index (κ3) is 37.2. The summed E-state index contributed by atoms with van der Waals surface area (Å²) >= 11 is 0. The Bertz CT molecular complexity index is 727. The summed E-state index contributed by atoms with van der Waals surface area (Å²) in [4.78, 5) is 24.3. The summed E-state index contributed by atoms with van der Waals surface area (Å²) in [5.74, 6) is 0.300. The van der Waals surface area contributed by atoms with Gasteiger partial charge in [0.1, 0.15) is 0 Å². The van der Waals surface area contributed by atoms with Crippen LogP contribution in [0.25, 0.3) is 0 Å². The first kappa shape index (κ1) is 46.4. The van der Waals surface area contributed by atoms with Crippen molar-refractivity contribution in [2.75, 3.05) is 13.2 Å². The highest BCUT2D eigenvalue weighted by Crippen LogP contribution is 2.16. The zero-order valence-corrected chi connectivity index (χ0v) is 32.6. The molecular weight excluding hydrogens is 592 g/mol. The Balaban J connectivity index is 3.52. The van der Waals surface area contributed by atoms with Gasteiger partial charge in [-0.15, -0.1) is 0 Å². The van der Waals surface area contributed by atoms with Crippen molar-refractivity contribution >= 4 is 11.9 Å². The van der Waals surface area contributed by atoms with E-state index in [9.17, 15) is 9.59 Å². The monoisotopic (exact) mass is 675 g/mol. The SMILES string of the molecule is CCCCCCCC/C=C\CCCCCCCC(=O)OCCCCC(CC)COC(=O)CCCCCCC/C=C\CCCCCCCC. The predicted molar refractivity (Wildman–Crippen MR) is 208 cm³/mol. The first-order chi connectivity index (χ1) is 23.6. The molecule has 0 spiro atoms. The van der Waals surface area contributed by atoms with Gasteiger partial charge in [0.2, 0.25) is 0 Å². The fourth-order valence-electron chi connectivity index (χ4n) is 6.16. The number of hydrogen-bond acceptors (Lipinski definition) is 4. The molecule has 0 amide bonds. The first-order valence-corrected chi connectivity index (χ1v) is 21.2. The average Bonchev–Trinajstić information content (AvgIpc) is 3.09. The molecule has 0 saturated carbocycles. The Kier molecular flexibility index (Phi) is 38.5.